The minimum Gasteiger partial charge on any atom is -0.0888 e. The number of fused-ring (bicyclic) bond motifs is 2. The third-order valence-corrected chi connectivity index (χ3v) is 6.83. The molecule has 0 heterocycles. The number of benzene rings is 4. The Morgan fingerprint density at radius 2 is 0.920 bits per heavy atom. The van der Waals surface area contributed by atoms with Crippen molar-refractivity contribution in [2.45, 2.75) is 9.79 Å². The van der Waals surface area contributed by atoms with Crippen LogP contribution in [0.2, 0.25) is 20.1 Å². The summed E-state index contributed by atoms with van der Waals surface area (Å²) in [6.07, 6.45) is 0. The molecule has 0 aromatic heterocycles. The van der Waals surface area contributed by atoms with Gasteiger partial charge in [0.25, 0.3) is 0 Å². The second kappa shape index (κ2) is 6.90. The van der Waals surface area contributed by atoms with E-state index < -0.39 is 0 Å². The Balaban J connectivity index is 1.89. The van der Waals surface area contributed by atoms with Crippen molar-refractivity contribution in [2.75, 3.05) is 0 Å². The molecule has 0 spiro atoms. The molecule has 124 valence electrons. The standard InChI is InChI=1S/C20H10Cl4S/c21-15-9-7-11-13(19(15)23)3-1-5-17(11)25-18-6-2-4-14-12(18)8-10-16(22)20(14)24/h1-10H. The molecule has 0 saturated carbocycles. The number of hydrogen-bond donors (Lipinski definition) is 0. The van der Waals surface area contributed by atoms with Crippen molar-refractivity contribution in [3.05, 3.63) is 80.8 Å². The van der Waals surface area contributed by atoms with Crippen LogP contribution in [-0.2, 0) is 0 Å². The molecule has 0 fully saturated rings. The summed E-state index contributed by atoms with van der Waals surface area (Å²) in [5, 5.41) is 6.30. The molecule has 0 atom stereocenters. The fourth-order valence-corrected chi connectivity index (χ4v) is 4.72. The molecule has 4 aromatic carbocycles. The topological polar surface area (TPSA) is 0 Å². The molecule has 0 aliphatic carbocycles. The van der Waals surface area contributed by atoms with Gasteiger partial charge in [-0.1, -0.05) is 94.6 Å². The van der Waals surface area contributed by atoms with Gasteiger partial charge in [0.05, 0.1) is 20.1 Å². The van der Waals surface area contributed by atoms with Crippen molar-refractivity contribution in [1.29, 1.82) is 0 Å². The van der Waals surface area contributed by atoms with E-state index in [1.54, 1.807) is 11.8 Å². The first-order chi connectivity index (χ1) is 12.1. The van der Waals surface area contributed by atoms with E-state index in [1.165, 1.54) is 0 Å². The lowest BCUT2D eigenvalue weighted by atomic mass is 10.1. The van der Waals surface area contributed by atoms with E-state index in [0.717, 1.165) is 31.3 Å². The molecule has 0 nitrogen and oxygen atoms in total. The normalized spacial score (nSPS) is 11.4. The molecule has 0 amide bonds. The second-order valence-corrected chi connectivity index (χ2v) is 8.18. The van der Waals surface area contributed by atoms with E-state index in [9.17, 15) is 0 Å². The van der Waals surface area contributed by atoms with Gasteiger partial charge >= 0.3 is 0 Å². The van der Waals surface area contributed by atoms with Crippen molar-refractivity contribution in [3.8, 4) is 0 Å². The van der Waals surface area contributed by atoms with Crippen LogP contribution >= 0.6 is 58.2 Å². The lowest BCUT2D eigenvalue weighted by molar-refractivity contribution is 1.49. The molecular weight excluding hydrogens is 414 g/mol. The SMILES string of the molecule is Clc1ccc2c(Sc3cccc4c(Cl)c(Cl)ccc34)cccc2c1Cl. The zero-order chi connectivity index (χ0) is 17.6. The number of hydrogen-bond acceptors (Lipinski definition) is 1. The van der Waals surface area contributed by atoms with Crippen LogP contribution in [0.15, 0.2) is 70.5 Å². The summed E-state index contributed by atoms with van der Waals surface area (Å²) in [6.45, 7) is 0. The summed E-state index contributed by atoms with van der Waals surface area (Å²) in [5.74, 6) is 0. The maximum atomic E-state index is 6.36. The highest BCUT2D eigenvalue weighted by atomic mass is 35.5. The van der Waals surface area contributed by atoms with Gasteiger partial charge in [-0.15, -0.1) is 0 Å². The Bertz CT molecular complexity index is 1030. The predicted molar refractivity (Wildman–Crippen MR) is 112 cm³/mol. The van der Waals surface area contributed by atoms with Gasteiger partial charge in [0, 0.05) is 20.6 Å². The third-order valence-electron chi connectivity index (χ3n) is 4.04. The van der Waals surface area contributed by atoms with Crippen LogP contribution in [0.3, 0.4) is 0 Å². The molecule has 0 bridgehead atoms. The predicted octanol–water partition coefficient (Wildman–Crippen LogP) is 8.76. The van der Waals surface area contributed by atoms with E-state index >= 15 is 0 Å². The highest BCUT2D eigenvalue weighted by Crippen LogP contribution is 2.42. The zero-order valence-electron chi connectivity index (χ0n) is 12.7. The average Bonchev–Trinajstić information content (AvgIpc) is 2.62. The Kier molecular flexibility index (Phi) is 4.79. The van der Waals surface area contributed by atoms with Crippen molar-refractivity contribution < 1.29 is 0 Å². The first-order valence-corrected chi connectivity index (χ1v) is 9.80. The van der Waals surface area contributed by atoms with Crippen molar-refractivity contribution in [2.24, 2.45) is 0 Å². The van der Waals surface area contributed by atoms with Gasteiger partial charge in [0.15, 0.2) is 0 Å². The van der Waals surface area contributed by atoms with Crippen molar-refractivity contribution >= 4 is 79.7 Å². The summed E-state index contributed by atoms with van der Waals surface area (Å²) >= 11 is 26.7. The summed E-state index contributed by atoms with van der Waals surface area (Å²) in [5.41, 5.74) is 0. The van der Waals surface area contributed by atoms with Crippen LogP contribution in [0.5, 0.6) is 0 Å². The Morgan fingerprint density at radius 1 is 0.480 bits per heavy atom. The number of rotatable bonds is 2. The smallest absolute Gasteiger partial charge is 0.0671 e. The highest BCUT2D eigenvalue weighted by Gasteiger charge is 2.11. The number of halogens is 4. The van der Waals surface area contributed by atoms with E-state index in [2.05, 4.69) is 12.1 Å². The molecule has 25 heavy (non-hydrogen) atoms. The minimum absolute atomic E-state index is 0.558. The van der Waals surface area contributed by atoms with Crippen LogP contribution in [0.1, 0.15) is 0 Å². The van der Waals surface area contributed by atoms with E-state index in [4.69, 9.17) is 46.4 Å². The first kappa shape index (κ1) is 17.3. The second-order valence-electron chi connectivity index (χ2n) is 5.53. The molecular formula is C20H10Cl4S. The molecule has 4 rings (SSSR count). The fourth-order valence-electron chi connectivity index (χ4n) is 2.83. The van der Waals surface area contributed by atoms with Crippen molar-refractivity contribution in [1.82, 2.24) is 0 Å². The van der Waals surface area contributed by atoms with Crippen LogP contribution in [-0.4, -0.2) is 0 Å². The monoisotopic (exact) mass is 422 g/mol. The van der Waals surface area contributed by atoms with Gasteiger partial charge in [-0.3, -0.25) is 0 Å². The summed E-state index contributed by atoms with van der Waals surface area (Å²) in [7, 11) is 0. The van der Waals surface area contributed by atoms with Crippen LogP contribution in [0.4, 0.5) is 0 Å². The fraction of sp³-hybridized carbons (Fsp3) is 0. The zero-order valence-corrected chi connectivity index (χ0v) is 16.5. The Hall–Kier alpha value is -1.09. The largest absolute Gasteiger partial charge is 0.0888 e. The first-order valence-electron chi connectivity index (χ1n) is 7.47. The van der Waals surface area contributed by atoms with Gasteiger partial charge in [-0.05, 0) is 35.0 Å². The Morgan fingerprint density at radius 3 is 1.36 bits per heavy atom. The highest BCUT2D eigenvalue weighted by molar-refractivity contribution is 7.99. The third kappa shape index (κ3) is 3.09. The van der Waals surface area contributed by atoms with E-state index in [0.29, 0.717) is 20.1 Å². The quantitative estimate of drug-likeness (QED) is 0.310. The molecule has 0 unspecified atom stereocenters. The van der Waals surface area contributed by atoms with Gasteiger partial charge in [0.2, 0.25) is 0 Å². The van der Waals surface area contributed by atoms with Gasteiger partial charge < -0.3 is 0 Å². The minimum atomic E-state index is 0.558. The molecule has 0 saturated heterocycles. The Labute approximate surface area is 169 Å². The molecule has 0 aliphatic heterocycles. The van der Waals surface area contributed by atoms with Crippen LogP contribution < -0.4 is 0 Å². The van der Waals surface area contributed by atoms with Gasteiger partial charge in [-0.25, -0.2) is 0 Å². The summed E-state index contributed by atoms with van der Waals surface area (Å²) in [4.78, 5) is 2.21. The molecule has 0 radical (unpaired) electrons. The lowest BCUT2D eigenvalue weighted by Gasteiger charge is -2.11. The van der Waals surface area contributed by atoms with E-state index in [-0.39, 0.29) is 0 Å². The van der Waals surface area contributed by atoms with Gasteiger partial charge in [-0.2, -0.15) is 0 Å². The average molecular weight is 424 g/mol. The molecule has 0 aliphatic rings. The van der Waals surface area contributed by atoms with Crippen molar-refractivity contribution in [3.63, 3.8) is 0 Å². The molecule has 5 heteroatoms. The lowest BCUT2D eigenvalue weighted by Crippen LogP contribution is -1.83. The molecule has 0 N–H and O–H groups in total. The summed E-state index contributed by atoms with van der Waals surface area (Å²) in [6, 6.07) is 19.7. The maximum Gasteiger partial charge on any atom is 0.0671 e. The summed E-state index contributed by atoms with van der Waals surface area (Å²) < 4.78 is 0. The van der Waals surface area contributed by atoms with E-state index in [1.807, 2.05) is 48.5 Å². The van der Waals surface area contributed by atoms with Crippen LogP contribution in [0.25, 0.3) is 21.5 Å². The van der Waals surface area contributed by atoms with Crippen LogP contribution in [0, 0.1) is 0 Å². The maximum absolute atomic E-state index is 6.36. The molecule has 4 aromatic rings. The van der Waals surface area contributed by atoms with Gasteiger partial charge in [0.1, 0.15) is 0 Å².